The van der Waals surface area contributed by atoms with E-state index in [9.17, 15) is 0 Å². The maximum Gasteiger partial charge on any atom is 0.0406 e. The summed E-state index contributed by atoms with van der Waals surface area (Å²) in [7, 11) is 0. The van der Waals surface area contributed by atoms with Gasteiger partial charge in [-0.15, -0.1) is 0 Å². The highest BCUT2D eigenvalue weighted by Gasteiger charge is 2.25. The molecule has 1 unspecified atom stereocenters. The summed E-state index contributed by atoms with van der Waals surface area (Å²) in [6.45, 7) is 5.46. The highest BCUT2D eigenvalue weighted by molar-refractivity contribution is 6.30. The molecule has 1 aromatic carbocycles. The van der Waals surface area contributed by atoms with E-state index in [4.69, 9.17) is 11.6 Å². The first-order valence-electron chi connectivity index (χ1n) is 7.93. The first-order valence-corrected chi connectivity index (χ1v) is 8.30. The molecule has 1 aliphatic carbocycles. The van der Waals surface area contributed by atoms with Crippen molar-refractivity contribution in [1.82, 2.24) is 10.6 Å². The van der Waals surface area contributed by atoms with Crippen LogP contribution in [0, 0.1) is 0 Å². The van der Waals surface area contributed by atoms with Crippen molar-refractivity contribution in [2.24, 2.45) is 0 Å². The van der Waals surface area contributed by atoms with Crippen molar-refractivity contribution in [3.8, 4) is 0 Å². The van der Waals surface area contributed by atoms with Gasteiger partial charge < -0.3 is 10.6 Å². The van der Waals surface area contributed by atoms with Crippen LogP contribution in [0.25, 0.3) is 0 Å². The van der Waals surface area contributed by atoms with Crippen molar-refractivity contribution in [2.45, 2.75) is 70.6 Å². The minimum atomic E-state index is 0.591. The Morgan fingerprint density at radius 2 is 1.80 bits per heavy atom. The van der Waals surface area contributed by atoms with Crippen LogP contribution in [-0.2, 0) is 6.54 Å². The molecule has 0 spiro atoms. The Hall–Kier alpha value is -0.570. The summed E-state index contributed by atoms with van der Waals surface area (Å²) < 4.78 is 0. The van der Waals surface area contributed by atoms with Crippen LogP contribution in [0.1, 0.15) is 51.5 Å². The van der Waals surface area contributed by atoms with Crippen LogP contribution in [0.5, 0.6) is 0 Å². The van der Waals surface area contributed by atoms with Crippen molar-refractivity contribution < 1.29 is 0 Å². The van der Waals surface area contributed by atoms with Gasteiger partial charge in [0.2, 0.25) is 0 Å². The number of nitrogens with one attached hydrogen (secondary N) is 2. The fourth-order valence-corrected chi connectivity index (χ4v) is 3.04. The fraction of sp³-hybridized carbons (Fsp3) is 0.647. The number of rotatable bonds is 6. The molecule has 3 atom stereocenters. The quantitative estimate of drug-likeness (QED) is 0.824. The average molecular weight is 295 g/mol. The number of hydrogen-bond acceptors (Lipinski definition) is 2. The van der Waals surface area contributed by atoms with Crippen molar-refractivity contribution >= 4 is 11.6 Å². The molecule has 1 aromatic rings. The first-order chi connectivity index (χ1) is 9.69. The fourth-order valence-electron chi connectivity index (χ4n) is 2.91. The molecule has 2 rings (SSSR count). The number of hydrogen-bond donors (Lipinski definition) is 2. The Kier molecular flexibility index (Phi) is 6.34. The van der Waals surface area contributed by atoms with E-state index in [1.165, 1.54) is 37.7 Å². The smallest absolute Gasteiger partial charge is 0.0406 e. The summed E-state index contributed by atoms with van der Waals surface area (Å²) in [6, 6.07) is 9.96. The van der Waals surface area contributed by atoms with E-state index in [0.29, 0.717) is 18.1 Å². The topological polar surface area (TPSA) is 24.1 Å². The molecule has 1 aliphatic rings. The van der Waals surface area contributed by atoms with Gasteiger partial charge in [0.1, 0.15) is 0 Å². The van der Waals surface area contributed by atoms with Crippen LogP contribution in [0.3, 0.4) is 0 Å². The van der Waals surface area contributed by atoms with Crippen LogP contribution in [0.4, 0.5) is 0 Å². The van der Waals surface area contributed by atoms with Gasteiger partial charge in [0.05, 0.1) is 0 Å². The third kappa shape index (κ3) is 4.76. The third-order valence-corrected chi connectivity index (χ3v) is 4.61. The Morgan fingerprint density at radius 3 is 2.45 bits per heavy atom. The third-order valence-electron chi connectivity index (χ3n) is 4.36. The SMILES string of the molecule is CCC(C)N[C@@H]1CCCC[C@H]1NCc1ccc(Cl)cc1. The largest absolute Gasteiger partial charge is 0.310 e. The predicted octanol–water partition coefficient (Wildman–Crippen LogP) is 4.13. The van der Waals surface area contributed by atoms with E-state index in [1.54, 1.807) is 0 Å². The molecule has 0 amide bonds. The summed E-state index contributed by atoms with van der Waals surface area (Å²) in [5.41, 5.74) is 1.31. The van der Waals surface area contributed by atoms with E-state index < -0.39 is 0 Å². The molecule has 0 aromatic heterocycles. The maximum absolute atomic E-state index is 5.93. The predicted molar refractivity (Wildman–Crippen MR) is 87.2 cm³/mol. The van der Waals surface area contributed by atoms with Crippen molar-refractivity contribution in [3.05, 3.63) is 34.9 Å². The van der Waals surface area contributed by atoms with Gasteiger partial charge in [-0.1, -0.05) is 43.5 Å². The normalized spacial score (nSPS) is 24.6. The molecule has 0 aliphatic heterocycles. The monoisotopic (exact) mass is 294 g/mol. The summed E-state index contributed by atoms with van der Waals surface area (Å²) in [5, 5.41) is 8.32. The van der Waals surface area contributed by atoms with Gasteiger partial charge in [0.15, 0.2) is 0 Å². The lowest BCUT2D eigenvalue weighted by molar-refractivity contribution is 0.264. The van der Waals surface area contributed by atoms with E-state index in [0.717, 1.165) is 11.6 Å². The Morgan fingerprint density at radius 1 is 1.15 bits per heavy atom. The highest BCUT2D eigenvalue weighted by atomic mass is 35.5. The molecule has 1 fully saturated rings. The van der Waals surface area contributed by atoms with Gasteiger partial charge in [0, 0.05) is 29.7 Å². The summed E-state index contributed by atoms with van der Waals surface area (Å²) >= 11 is 5.93. The van der Waals surface area contributed by atoms with E-state index in [-0.39, 0.29) is 0 Å². The summed E-state index contributed by atoms with van der Waals surface area (Å²) in [6.07, 6.45) is 6.47. The van der Waals surface area contributed by atoms with Crippen LogP contribution < -0.4 is 10.6 Å². The van der Waals surface area contributed by atoms with Gasteiger partial charge in [-0.2, -0.15) is 0 Å². The Labute approximate surface area is 128 Å². The average Bonchev–Trinajstić information content (AvgIpc) is 2.48. The van der Waals surface area contributed by atoms with Crippen LogP contribution in [0.2, 0.25) is 5.02 Å². The lowest BCUT2D eigenvalue weighted by Crippen LogP contribution is -2.51. The van der Waals surface area contributed by atoms with Crippen molar-refractivity contribution in [3.63, 3.8) is 0 Å². The molecule has 3 heteroatoms. The first kappa shape index (κ1) is 15.8. The molecule has 1 saturated carbocycles. The van der Waals surface area contributed by atoms with Crippen LogP contribution in [0.15, 0.2) is 24.3 Å². The standard InChI is InChI=1S/C17H27ClN2/c1-3-13(2)20-17-7-5-4-6-16(17)19-12-14-8-10-15(18)11-9-14/h8-11,13,16-17,19-20H,3-7,12H2,1-2H3/t13?,16-,17-/m1/s1. The summed E-state index contributed by atoms with van der Waals surface area (Å²) in [4.78, 5) is 0. The maximum atomic E-state index is 5.93. The zero-order chi connectivity index (χ0) is 14.4. The second-order valence-electron chi connectivity index (χ2n) is 5.98. The lowest BCUT2D eigenvalue weighted by atomic mass is 9.89. The van der Waals surface area contributed by atoms with E-state index >= 15 is 0 Å². The van der Waals surface area contributed by atoms with Gasteiger partial charge in [-0.3, -0.25) is 0 Å². The second kappa shape index (κ2) is 8.02. The zero-order valence-electron chi connectivity index (χ0n) is 12.7. The molecule has 2 N–H and O–H groups in total. The van der Waals surface area contributed by atoms with E-state index in [1.807, 2.05) is 12.1 Å². The van der Waals surface area contributed by atoms with E-state index in [2.05, 4.69) is 36.6 Å². The Bertz CT molecular complexity index is 390. The van der Waals surface area contributed by atoms with Crippen molar-refractivity contribution in [1.29, 1.82) is 0 Å². The molecule has 0 heterocycles. The highest BCUT2D eigenvalue weighted by Crippen LogP contribution is 2.20. The molecule has 0 radical (unpaired) electrons. The van der Waals surface area contributed by atoms with Gasteiger partial charge >= 0.3 is 0 Å². The molecule has 0 saturated heterocycles. The minimum absolute atomic E-state index is 0.591. The van der Waals surface area contributed by atoms with Crippen LogP contribution in [-0.4, -0.2) is 18.1 Å². The van der Waals surface area contributed by atoms with Gasteiger partial charge in [-0.25, -0.2) is 0 Å². The Balaban J connectivity index is 1.86. The lowest BCUT2D eigenvalue weighted by Gasteiger charge is -2.35. The molecule has 20 heavy (non-hydrogen) atoms. The number of halogens is 1. The summed E-state index contributed by atoms with van der Waals surface area (Å²) in [5.74, 6) is 0. The second-order valence-corrected chi connectivity index (χ2v) is 6.42. The molecule has 0 bridgehead atoms. The van der Waals surface area contributed by atoms with Crippen molar-refractivity contribution in [2.75, 3.05) is 0 Å². The van der Waals surface area contributed by atoms with Gasteiger partial charge in [-0.05, 0) is 43.9 Å². The number of benzene rings is 1. The molecular weight excluding hydrogens is 268 g/mol. The van der Waals surface area contributed by atoms with Gasteiger partial charge in [0.25, 0.3) is 0 Å². The minimum Gasteiger partial charge on any atom is -0.310 e. The molecule has 2 nitrogen and oxygen atoms in total. The zero-order valence-corrected chi connectivity index (χ0v) is 13.4. The molecule has 112 valence electrons. The molecular formula is C17H27ClN2. The van der Waals surface area contributed by atoms with Crippen LogP contribution >= 0.6 is 11.6 Å².